The fourth-order valence-electron chi connectivity index (χ4n) is 1.99. The molecule has 1 heterocycles. The summed E-state index contributed by atoms with van der Waals surface area (Å²) in [6.45, 7) is 6.17. The van der Waals surface area contributed by atoms with Gasteiger partial charge in [-0.25, -0.2) is 4.98 Å². The second-order valence-corrected chi connectivity index (χ2v) is 5.81. The number of halogens is 1. The van der Waals surface area contributed by atoms with Crippen LogP contribution in [0.25, 0.3) is 0 Å². The number of hydrogen-bond donors (Lipinski definition) is 1. The zero-order valence-electron chi connectivity index (χ0n) is 12.4. The molecule has 0 radical (unpaired) electrons. The summed E-state index contributed by atoms with van der Waals surface area (Å²) in [4.78, 5) is 26.1. The zero-order chi connectivity index (χ0) is 16.0. The van der Waals surface area contributed by atoms with Crippen LogP contribution in [0.3, 0.4) is 0 Å². The molecule has 7 heteroatoms. The van der Waals surface area contributed by atoms with Gasteiger partial charge in [-0.15, -0.1) is 0 Å². The van der Waals surface area contributed by atoms with E-state index in [4.69, 9.17) is 11.6 Å². The standard InChI is InChI=1S/C14H20ClN3O3/c1-9(2)5-4-6-10(3)17-14(19)11-7-8-16-13(15)12(11)18(20)21/h7-10H,4-6H2,1-3H3,(H,17,19). The molecule has 6 nitrogen and oxygen atoms in total. The number of rotatable bonds is 7. The van der Waals surface area contributed by atoms with Crippen molar-refractivity contribution < 1.29 is 9.72 Å². The first-order chi connectivity index (χ1) is 9.82. The minimum Gasteiger partial charge on any atom is -0.349 e. The van der Waals surface area contributed by atoms with E-state index < -0.39 is 16.5 Å². The molecule has 0 aliphatic rings. The van der Waals surface area contributed by atoms with Crippen LogP contribution in [0.15, 0.2) is 12.3 Å². The maximum absolute atomic E-state index is 12.1. The van der Waals surface area contributed by atoms with Gasteiger partial charge in [-0.05, 0) is 25.3 Å². The Morgan fingerprint density at radius 2 is 2.10 bits per heavy atom. The molecule has 116 valence electrons. The summed E-state index contributed by atoms with van der Waals surface area (Å²) in [5.41, 5.74) is -0.512. The first kappa shape index (κ1) is 17.4. The van der Waals surface area contributed by atoms with E-state index >= 15 is 0 Å². The molecule has 1 aromatic rings. The van der Waals surface area contributed by atoms with Crippen molar-refractivity contribution in [1.82, 2.24) is 10.3 Å². The number of hydrogen-bond acceptors (Lipinski definition) is 4. The molecule has 1 rings (SSSR count). The lowest BCUT2D eigenvalue weighted by Crippen LogP contribution is -2.33. The van der Waals surface area contributed by atoms with Crippen LogP contribution >= 0.6 is 11.6 Å². The predicted octanol–water partition coefficient (Wildman–Crippen LogP) is 3.59. The van der Waals surface area contributed by atoms with Crippen LogP contribution in [-0.2, 0) is 0 Å². The molecule has 0 aromatic carbocycles. The van der Waals surface area contributed by atoms with Crippen molar-refractivity contribution in [2.75, 3.05) is 0 Å². The van der Waals surface area contributed by atoms with Crippen LogP contribution in [0.2, 0.25) is 5.15 Å². The number of pyridine rings is 1. The Balaban J connectivity index is 2.72. The van der Waals surface area contributed by atoms with E-state index in [0.717, 1.165) is 19.3 Å². The summed E-state index contributed by atoms with van der Waals surface area (Å²) in [6.07, 6.45) is 4.20. The van der Waals surface area contributed by atoms with E-state index in [2.05, 4.69) is 24.1 Å². The van der Waals surface area contributed by atoms with Crippen molar-refractivity contribution in [3.05, 3.63) is 33.1 Å². The van der Waals surface area contributed by atoms with Crippen LogP contribution in [0, 0.1) is 16.0 Å². The Bertz CT molecular complexity index is 520. The number of nitrogens with zero attached hydrogens (tertiary/aromatic N) is 2. The lowest BCUT2D eigenvalue weighted by atomic mass is 10.0. The van der Waals surface area contributed by atoms with E-state index in [0.29, 0.717) is 5.92 Å². The highest BCUT2D eigenvalue weighted by Gasteiger charge is 2.25. The van der Waals surface area contributed by atoms with Gasteiger partial charge in [0.05, 0.1) is 4.92 Å². The van der Waals surface area contributed by atoms with Gasteiger partial charge in [-0.2, -0.15) is 0 Å². The minimum atomic E-state index is -0.687. The van der Waals surface area contributed by atoms with Crippen LogP contribution in [0.5, 0.6) is 0 Å². The molecule has 0 aliphatic heterocycles. The van der Waals surface area contributed by atoms with Gasteiger partial charge in [0.25, 0.3) is 5.91 Å². The Morgan fingerprint density at radius 1 is 1.43 bits per heavy atom. The van der Waals surface area contributed by atoms with E-state index in [1.54, 1.807) is 0 Å². The zero-order valence-corrected chi connectivity index (χ0v) is 13.2. The first-order valence-electron chi connectivity index (χ1n) is 6.92. The van der Waals surface area contributed by atoms with Gasteiger partial charge in [0, 0.05) is 12.2 Å². The molecular weight excluding hydrogens is 294 g/mol. The molecule has 0 fully saturated rings. The number of nitro groups is 1. The maximum atomic E-state index is 12.1. The highest BCUT2D eigenvalue weighted by Crippen LogP contribution is 2.26. The predicted molar refractivity (Wildman–Crippen MR) is 81.5 cm³/mol. The van der Waals surface area contributed by atoms with Crippen LogP contribution in [-0.4, -0.2) is 21.9 Å². The van der Waals surface area contributed by atoms with Crippen LogP contribution in [0.4, 0.5) is 5.69 Å². The fourth-order valence-corrected chi connectivity index (χ4v) is 2.22. The quantitative estimate of drug-likeness (QED) is 0.473. The second-order valence-electron chi connectivity index (χ2n) is 5.45. The largest absolute Gasteiger partial charge is 0.349 e. The van der Waals surface area contributed by atoms with Crippen molar-refractivity contribution >= 4 is 23.2 Å². The number of carbonyl (C=O) groups is 1. The van der Waals surface area contributed by atoms with Crippen molar-refractivity contribution in [1.29, 1.82) is 0 Å². The van der Waals surface area contributed by atoms with E-state index in [-0.39, 0.29) is 16.8 Å². The fraction of sp³-hybridized carbons (Fsp3) is 0.571. The third-order valence-corrected chi connectivity index (χ3v) is 3.38. The van der Waals surface area contributed by atoms with Gasteiger partial charge in [-0.3, -0.25) is 14.9 Å². The highest BCUT2D eigenvalue weighted by atomic mass is 35.5. The van der Waals surface area contributed by atoms with Crippen molar-refractivity contribution in [2.45, 2.75) is 46.1 Å². The Kier molecular flexibility index (Phi) is 6.55. The van der Waals surface area contributed by atoms with Gasteiger partial charge < -0.3 is 5.32 Å². The van der Waals surface area contributed by atoms with Crippen molar-refractivity contribution in [3.8, 4) is 0 Å². The summed E-state index contributed by atoms with van der Waals surface area (Å²) >= 11 is 5.69. The minimum absolute atomic E-state index is 0.0530. The molecule has 0 bridgehead atoms. The Morgan fingerprint density at radius 3 is 2.67 bits per heavy atom. The number of aromatic nitrogens is 1. The molecule has 1 aromatic heterocycles. The molecule has 1 amide bonds. The molecule has 21 heavy (non-hydrogen) atoms. The maximum Gasteiger partial charge on any atom is 0.319 e. The summed E-state index contributed by atoms with van der Waals surface area (Å²) in [5, 5.41) is 13.5. The Labute approximate surface area is 129 Å². The molecule has 0 saturated carbocycles. The summed E-state index contributed by atoms with van der Waals surface area (Å²) in [5.74, 6) is 0.121. The molecular formula is C14H20ClN3O3. The average Bonchev–Trinajstić information content (AvgIpc) is 2.37. The van der Waals surface area contributed by atoms with E-state index in [9.17, 15) is 14.9 Å². The topological polar surface area (TPSA) is 85.1 Å². The molecule has 1 unspecified atom stereocenters. The number of amides is 1. The molecule has 0 aliphatic carbocycles. The second kappa shape index (κ2) is 7.93. The highest BCUT2D eigenvalue weighted by molar-refractivity contribution is 6.32. The third kappa shape index (κ3) is 5.30. The van der Waals surface area contributed by atoms with Crippen LogP contribution in [0.1, 0.15) is 50.4 Å². The van der Waals surface area contributed by atoms with E-state index in [1.165, 1.54) is 12.3 Å². The van der Waals surface area contributed by atoms with Gasteiger partial charge in [0.1, 0.15) is 5.56 Å². The van der Waals surface area contributed by atoms with Gasteiger partial charge >= 0.3 is 5.69 Å². The monoisotopic (exact) mass is 313 g/mol. The average molecular weight is 314 g/mol. The van der Waals surface area contributed by atoms with E-state index in [1.807, 2.05) is 6.92 Å². The van der Waals surface area contributed by atoms with Gasteiger partial charge in [0.2, 0.25) is 5.15 Å². The number of carbonyl (C=O) groups excluding carboxylic acids is 1. The molecule has 0 saturated heterocycles. The first-order valence-corrected chi connectivity index (χ1v) is 7.30. The molecule has 0 spiro atoms. The lowest BCUT2D eigenvalue weighted by molar-refractivity contribution is -0.385. The van der Waals surface area contributed by atoms with Crippen LogP contribution < -0.4 is 5.32 Å². The van der Waals surface area contributed by atoms with Gasteiger partial charge in [0.15, 0.2) is 0 Å². The summed E-state index contributed by atoms with van der Waals surface area (Å²) in [6, 6.07) is 1.25. The lowest BCUT2D eigenvalue weighted by Gasteiger charge is -2.14. The molecule has 1 N–H and O–H groups in total. The normalized spacial score (nSPS) is 12.2. The summed E-state index contributed by atoms with van der Waals surface area (Å²) in [7, 11) is 0. The number of nitrogens with one attached hydrogen (secondary N) is 1. The summed E-state index contributed by atoms with van der Waals surface area (Å²) < 4.78 is 0. The smallest absolute Gasteiger partial charge is 0.319 e. The SMILES string of the molecule is CC(C)CCCC(C)NC(=O)c1ccnc(Cl)c1[N+](=O)[O-]. The third-order valence-electron chi connectivity index (χ3n) is 3.10. The van der Waals surface area contributed by atoms with Crippen molar-refractivity contribution in [3.63, 3.8) is 0 Å². The molecule has 1 atom stereocenters. The van der Waals surface area contributed by atoms with Crippen molar-refractivity contribution in [2.24, 2.45) is 5.92 Å². The van der Waals surface area contributed by atoms with Gasteiger partial charge in [-0.1, -0.05) is 38.3 Å². The Hall–Kier alpha value is -1.69.